The Kier molecular flexibility index (Phi) is 3.98. The summed E-state index contributed by atoms with van der Waals surface area (Å²) < 4.78 is 0. The first kappa shape index (κ1) is 9.85. The van der Waals surface area contributed by atoms with E-state index in [0.717, 1.165) is 11.8 Å². The van der Waals surface area contributed by atoms with Gasteiger partial charge in [-0.15, -0.1) is 0 Å². The number of hydrogen-bond donors (Lipinski definition) is 1. The highest BCUT2D eigenvalue weighted by Gasteiger charge is 2.20. The van der Waals surface area contributed by atoms with Crippen molar-refractivity contribution in [3.8, 4) is 0 Å². The molecule has 0 aromatic rings. The lowest BCUT2D eigenvalue weighted by molar-refractivity contribution is 0.434. The zero-order valence-electron chi connectivity index (χ0n) is 8.43. The molecule has 13 heavy (non-hydrogen) atoms. The fraction of sp³-hybridized carbons (Fsp3) is 1.00. The number of thioether (sulfide) groups is 1. The number of rotatable bonds is 5. The van der Waals surface area contributed by atoms with Gasteiger partial charge >= 0.3 is 0 Å². The Morgan fingerprint density at radius 3 is 2.46 bits per heavy atom. The van der Waals surface area contributed by atoms with E-state index in [9.17, 15) is 0 Å². The highest BCUT2D eigenvalue weighted by Crippen LogP contribution is 2.28. The molecule has 1 aliphatic carbocycles. The summed E-state index contributed by atoms with van der Waals surface area (Å²) in [5, 5.41) is 3.59. The molecule has 2 rings (SSSR count). The van der Waals surface area contributed by atoms with Crippen LogP contribution in [0.2, 0.25) is 0 Å². The van der Waals surface area contributed by atoms with E-state index in [4.69, 9.17) is 0 Å². The monoisotopic (exact) mass is 199 g/mol. The zero-order chi connectivity index (χ0) is 8.93. The minimum atomic E-state index is 1.04. The van der Waals surface area contributed by atoms with Crippen LogP contribution in [-0.4, -0.2) is 24.6 Å². The predicted octanol–water partition coefficient (Wildman–Crippen LogP) is 2.52. The smallest absolute Gasteiger partial charge is 0.00205 e. The Hall–Kier alpha value is 0.310. The molecule has 2 heteroatoms. The molecule has 1 N–H and O–H groups in total. The molecule has 0 radical (unpaired) electrons. The normalized spacial score (nSPS) is 24.9. The van der Waals surface area contributed by atoms with Gasteiger partial charge in [0.15, 0.2) is 0 Å². The maximum Gasteiger partial charge on any atom is -0.00205 e. The lowest BCUT2D eigenvalue weighted by atomic mass is 9.99. The van der Waals surface area contributed by atoms with Gasteiger partial charge in [0.25, 0.3) is 0 Å². The molecule has 2 fully saturated rings. The summed E-state index contributed by atoms with van der Waals surface area (Å²) >= 11 is 2.13. The van der Waals surface area contributed by atoms with E-state index in [2.05, 4.69) is 17.1 Å². The molecule has 1 aliphatic heterocycles. The Morgan fingerprint density at radius 2 is 1.77 bits per heavy atom. The maximum absolute atomic E-state index is 3.59. The zero-order valence-corrected chi connectivity index (χ0v) is 9.24. The van der Waals surface area contributed by atoms with Crippen molar-refractivity contribution < 1.29 is 0 Å². The molecular formula is C11H21NS. The van der Waals surface area contributed by atoms with Crippen LogP contribution in [0.25, 0.3) is 0 Å². The van der Waals surface area contributed by atoms with Crippen molar-refractivity contribution in [1.82, 2.24) is 5.32 Å². The van der Waals surface area contributed by atoms with Crippen molar-refractivity contribution >= 4 is 11.8 Å². The van der Waals surface area contributed by atoms with Crippen LogP contribution in [0.4, 0.5) is 0 Å². The van der Waals surface area contributed by atoms with E-state index in [1.807, 2.05) is 0 Å². The van der Waals surface area contributed by atoms with Crippen LogP contribution >= 0.6 is 11.8 Å². The van der Waals surface area contributed by atoms with Gasteiger partial charge in [-0.25, -0.2) is 0 Å². The fourth-order valence-electron chi connectivity index (χ4n) is 1.97. The van der Waals surface area contributed by atoms with E-state index in [0.29, 0.717) is 0 Å². The van der Waals surface area contributed by atoms with Gasteiger partial charge in [0.05, 0.1) is 0 Å². The van der Waals surface area contributed by atoms with Gasteiger partial charge in [0.2, 0.25) is 0 Å². The molecule has 1 heterocycles. The molecule has 0 aromatic carbocycles. The van der Waals surface area contributed by atoms with Crippen LogP contribution in [0.15, 0.2) is 0 Å². The molecule has 0 amide bonds. The third-order valence-electron chi connectivity index (χ3n) is 3.20. The van der Waals surface area contributed by atoms with E-state index < -0.39 is 0 Å². The van der Waals surface area contributed by atoms with Crippen molar-refractivity contribution in [3.05, 3.63) is 0 Å². The highest BCUT2D eigenvalue weighted by molar-refractivity contribution is 7.99. The van der Waals surface area contributed by atoms with Crippen LogP contribution in [0.5, 0.6) is 0 Å². The Morgan fingerprint density at radius 1 is 1.00 bits per heavy atom. The average molecular weight is 199 g/mol. The molecule has 0 aromatic heterocycles. The quantitative estimate of drug-likeness (QED) is 0.683. The third-order valence-corrected chi connectivity index (χ3v) is 4.25. The van der Waals surface area contributed by atoms with Crippen LogP contribution < -0.4 is 5.32 Å². The van der Waals surface area contributed by atoms with Crippen molar-refractivity contribution in [2.45, 2.75) is 32.1 Å². The lowest BCUT2D eigenvalue weighted by Gasteiger charge is -2.21. The van der Waals surface area contributed by atoms with Crippen molar-refractivity contribution in [1.29, 1.82) is 0 Å². The molecule has 1 saturated heterocycles. The Balaban J connectivity index is 1.46. The van der Waals surface area contributed by atoms with Gasteiger partial charge in [-0.3, -0.25) is 0 Å². The second-order valence-corrected chi connectivity index (χ2v) is 5.72. The van der Waals surface area contributed by atoms with Gasteiger partial charge < -0.3 is 5.32 Å². The number of hydrogen-bond acceptors (Lipinski definition) is 2. The third kappa shape index (κ3) is 3.90. The van der Waals surface area contributed by atoms with Gasteiger partial charge in [-0.05, 0) is 68.5 Å². The molecular weight excluding hydrogens is 178 g/mol. The second-order valence-electron chi connectivity index (χ2n) is 4.49. The largest absolute Gasteiger partial charge is 0.316 e. The van der Waals surface area contributed by atoms with Crippen LogP contribution in [0, 0.1) is 11.8 Å². The van der Waals surface area contributed by atoms with E-state index in [1.54, 1.807) is 0 Å². The highest BCUT2D eigenvalue weighted by atomic mass is 32.2. The molecule has 2 aliphatic rings. The molecule has 0 unspecified atom stereocenters. The molecule has 0 atom stereocenters. The summed E-state index contributed by atoms with van der Waals surface area (Å²) in [6.45, 7) is 2.56. The number of nitrogens with one attached hydrogen (secondary N) is 1. The first-order chi connectivity index (χ1) is 6.45. The molecule has 1 saturated carbocycles. The lowest BCUT2D eigenvalue weighted by Crippen LogP contribution is -2.22. The van der Waals surface area contributed by atoms with Crippen LogP contribution in [0.1, 0.15) is 32.1 Å². The first-order valence-electron chi connectivity index (χ1n) is 5.73. The van der Waals surface area contributed by atoms with E-state index in [1.165, 1.54) is 56.7 Å². The van der Waals surface area contributed by atoms with Crippen molar-refractivity contribution in [3.63, 3.8) is 0 Å². The van der Waals surface area contributed by atoms with Crippen LogP contribution in [0.3, 0.4) is 0 Å². The molecule has 76 valence electrons. The average Bonchev–Trinajstić information content (AvgIpc) is 2.98. The molecule has 0 bridgehead atoms. The Labute approximate surface area is 86.0 Å². The van der Waals surface area contributed by atoms with E-state index >= 15 is 0 Å². The minimum absolute atomic E-state index is 1.04. The predicted molar refractivity (Wildman–Crippen MR) is 60.3 cm³/mol. The van der Waals surface area contributed by atoms with Crippen molar-refractivity contribution in [2.75, 3.05) is 24.6 Å². The summed E-state index contributed by atoms with van der Waals surface area (Å²) in [6, 6.07) is 0. The first-order valence-corrected chi connectivity index (χ1v) is 6.89. The summed E-state index contributed by atoms with van der Waals surface area (Å²) in [5.74, 6) is 4.90. The standard InChI is InChI=1S/C11H21NS/c1-2-11(1)9-12-6-3-10-4-7-13-8-5-10/h10-12H,1-9H2. The van der Waals surface area contributed by atoms with Gasteiger partial charge in [0, 0.05) is 0 Å². The second kappa shape index (κ2) is 5.26. The minimum Gasteiger partial charge on any atom is -0.316 e. The maximum atomic E-state index is 3.59. The van der Waals surface area contributed by atoms with Gasteiger partial charge in [0.1, 0.15) is 0 Å². The summed E-state index contributed by atoms with van der Waals surface area (Å²) in [6.07, 6.45) is 7.32. The summed E-state index contributed by atoms with van der Waals surface area (Å²) in [4.78, 5) is 0. The topological polar surface area (TPSA) is 12.0 Å². The Bertz CT molecular complexity index is 139. The van der Waals surface area contributed by atoms with Crippen LogP contribution in [-0.2, 0) is 0 Å². The summed E-state index contributed by atoms with van der Waals surface area (Å²) in [7, 11) is 0. The fourth-order valence-corrected chi connectivity index (χ4v) is 3.17. The van der Waals surface area contributed by atoms with E-state index in [-0.39, 0.29) is 0 Å². The SMILES string of the molecule is C(CC1CCSCC1)NCC1CC1. The van der Waals surface area contributed by atoms with Gasteiger partial charge in [-0.2, -0.15) is 11.8 Å². The molecule has 1 nitrogen and oxygen atoms in total. The van der Waals surface area contributed by atoms with Crippen molar-refractivity contribution in [2.24, 2.45) is 11.8 Å². The summed E-state index contributed by atoms with van der Waals surface area (Å²) in [5.41, 5.74) is 0. The van der Waals surface area contributed by atoms with Gasteiger partial charge in [-0.1, -0.05) is 0 Å². The molecule has 0 spiro atoms.